The van der Waals surface area contributed by atoms with E-state index in [0.29, 0.717) is 22.3 Å². The van der Waals surface area contributed by atoms with Crippen molar-refractivity contribution in [2.24, 2.45) is 0 Å². The summed E-state index contributed by atoms with van der Waals surface area (Å²) in [6.07, 6.45) is 2.30. The molecule has 1 fully saturated rings. The topological polar surface area (TPSA) is 60.5 Å². The van der Waals surface area contributed by atoms with E-state index in [2.05, 4.69) is 10.3 Å². The van der Waals surface area contributed by atoms with Gasteiger partial charge in [0, 0.05) is 17.2 Å². The normalized spacial score (nSPS) is 16.7. The minimum Gasteiger partial charge on any atom is -0.491 e. The fraction of sp³-hybridized carbons (Fsp3) is 0.263. The van der Waals surface area contributed by atoms with Crippen molar-refractivity contribution in [3.8, 4) is 5.75 Å². The number of anilines is 1. The predicted octanol–water partition coefficient (Wildman–Crippen LogP) is 4.76. The molecule has 1 aliphatic heterocycles. The molecular formula is C19H17ClN2O3S. The van der Waals surface area contributed by atoms with Crippen LogP contribution < -0.4 is 10.1 Å². The van der Waals surface area contributed by atoms with Crippen LogP contribution in [-0.2, 0) is 4.74 Å². The standard InChI is InChI=1S/C19H17ClN2O3S/c20-13-5-8-16-17(10-13)26-19(21-16)22-18(23)12-3-6-14(7-4-12)25-11-15-2-1-9-24-15/h3-8,10,15H,1-2,9,11H2,(H,21,22,23)/t15-/m0/s1. The van der Waals surface area contributed by atoms with E-state index in [-0.39, 0.29) is 12.0 Å². The van der Waals surface area contributed by atoms with Gasteiger partial charge in [-0.15, -0.1) is 0 Å². The minimum atomic E-state index is -0.208. The zero-order valence-electron chi connectivity index (χ0n) is 13.9. The largest absolute Gasteiger partial charge is 0.491 e. The van der Waals surface area contributed by atoms with Crippen molar-refractivity contribution in [2.75, 3.05) is 18.5 Å². The Labute approximate surface area is 159 Å². The summed E-state index contributed by atoms with van der Waals surface area (Å²) in [7, 11) is 0. The molecule has 0 aliphatic carbocycles. The second kappa shape index (κ2) is 7.61. The number of ether oxygens (including phenoxy) is 2. The zero-order valence-corrected chi connectivity index (χ0v) is 15.5. The maximum absolute atomic E-state index is 12.4. The molecule has 0 spiro atoms. The van der Waals surface area contributed by atoms with Gasteiger partial charge in [0.05, 0.1) is 16.3 Å². The van der Waals surface area contributed by atoms with E-state index in [1.807, 2.05) is 12.1 Å². The van der Waals surface area contributed by atoms with Crippen LogP contribution in [0.1, 0.15) is 23.2 Å². The molecule has 5 nitrogen and oxygen atoms in total. The molecule has 0 saturated carbocycles. The second-order valence-corrected chi connectivity index (χ2v) is 7.52. The molecule has 1 amide bonds. The second-order valence-electron chi connectivity index (χ2n) is 6.06. The predicted molar refractivity (Wildman–Crippen MR) is 103 cm³/mol. The molecule has 1 aliphatic rings. The monoisotopic (exact) mass is 388 g/mol. The van der Waals surface area contributed by atoms with Crippen LogP contribution >= 0.6 is 22.9 Å². The first-order chi connectivity index (χ1) is 12.7. The number of thiazole rings is 1. The summed E-state index contributed by atoms with van der Waals surface area (Å²) in [4.78, 5) is 16.8. The van der Waals surface area contributed by atoms with Crippen LogP contribution in [0.5, 0.6) is 5.75 Å². The molecule has 134 valence electrons. The average molecular weight is 389 g/mol. The van der Waals surface area contributed by atoms with E-state index in [9.17, 15) is 4.79 Å². The fourth-order valence-corrected chi connectivity index (χ4v) is 3.93. The highest BCUT2D eigenvalue weighted by atomic mass is 35.5. The lowest BCUT2D eigenvalue weighted by molar-refractivity contribution is 0.0679. The Morgan fingerprint density at radius 2 is 2.15 bits per heavy atom. The number of halogens is 1. The molecule has 26 heavy (non-hydrogen) atoms. The van der Waals surface area contributed by atoms with E-state index in [1.54, 1.807) is 30.3 Å². The van der Waals surface area contributed by atoms with Gasteiger partial charge in [0.2, 0.25) is 0 Å². The van der Waals surface area contributed by atoms with Crippen molar-refractivity contribution >= 4 is 44.2 Å². The van der Waals surface area contributed by atoms with Gasteiger partial charge in [-0.05, 0) is 55.3 Å². The highest BCUT2D eigenvalue weighted by molar-refractivity contribution is 7.22. The van der Waals surface area contributed by atoms with Crippen molar-refractivity contribution in [1.82, 2.24) is 4.98 Å². The Balaban J connectivity index is 1.38. The summed E-state index contributed by atoms with van der Waals surface area (Å²) in [5.74, 6) is 0.521. The van der Waals surface area contributed by atoms with E-state index in [1.165, 1.54) is 11.3 Å². The quantitative estimate of drug-likeness (QED) is 0.684. The van der Waals surface area contributed by atoms with Crippen LogP contribution in [0.4, 0.5) is 5.13 Å². The summed E-state index contributed by atoms with van der Waals surface area (Å²) in [6, 6.07) is 12.5. The Kier molecular flexibility index (Phi) is 5.06. The summed E-state index contributed by atoms with van der Waals surface area (Å²) in [5.41, 5.74) is 1.36. The molecule has 4 rings (SSSR count). The number of nitrogens with one attached hydrogen (secondary N) is 1. The number of rotatable bonds is 5. The number of hydrogen-bond donors (Lipinski definition) is 1. The summed E-state index contributed by atoms with van der Waals surface area (Å²) < 4.78 is 12.2. The number of carbonyl (C=O) groups excluding carboxylic acids is 1. The van der Waals surface area contributed by atoms with Gasteiger partial charge in [-0.2, -0.15) is 0 Å². The molecule has 0 unspecified atom stereocenters. The molecule has 1 aromatic heterocycles. The first kappa shape index (κ1) is 17.3. The van der Waals surface area contributed by atoms with Gasteiger partial charge in [0.25, 0.3) is 5.91 Å². The Hall–Kier alpha value is -2.15. The van der Waals surface area contributed by atoms with Crippen LogP contribution in [0.15, 0.2) is 42.5 Å². The van der Waals surface area contributed by atoms with Crippen LogP contribution in [0.25, 0.3) is 10.2 Å². The van der Waals surface area contributed by atoms with Gasteiger partial charge in [-0.3, -0.25) is 10.1 Å². The lowest BCUT2D eigenvalue weighted by Gasteiger charge is -2.11. The first-order valence-electron chi connectivity index (χ1n) is 8.39. The van der Waals surface area contributed by atoms with Crippen LogP contribution in [-0.4, -0.2) is 30.2 Å². The van der Waals surface area contributed by atoms with E-state index in [0.717, 1.165) is 35.4 Å². The SMILES string of the molecule is O=C(Nc1nc2ccc(Cl)cc2s1)c1ccc(OC[C@@H]2CCCO2)cc1. The molecule has 7 heteroatoms. The van der Waals surface area contributed by atoms with E-state index in [4.69, 9.17) is 21.1 Å². The minimum absolute atomic E-state index is 0.172. The highest BCUT2D eigenvalue weighted by Gasteiger charge is 2.16. The van der Waals surface area contributed by atoms with Gasteiger partial charge >= 0.3 is 0 Å². The fourth-order valence-electron chi connectivity index (χ4n) is 2.79. The third-order valence-electron chi connectivity index (χ3n) is 4.15. The molecule has 2 aromatic carbocycles. The van der Waals surface area contributed by atoms with Crippen LogP contribution in [0.3, 0.4) is 0 Å². The van der Waals surface area contributed by atoms with Crippen LogP contribution in [0, 0.1) is 0 Å². The number of benzene rings is 2. The number of fused-ring (bicyclic) bond motifs is 1. The third-order valence-corrected chi connectivity index (χ3v) is 5.32. The average Bonchev–Trinajstić information content (AvgIpc) is 3.29. The smallest absolute Gasteiger partial charge is 0.257 e. The molecule has 0 radical (unpaired) electrons. The number of hydrogen-bond acceptors (Lipinski definition) is 5. The molecule has 3 aromatic rings. The molecule has 0 bridgehead atoms. The van der Waals surface area contributed by atoms with Crippen LogP contribution in [0.2, 0.25) is 5.02 Å². The lowest BCUT2D eigenvalue weighted by Crippen LogP contribution is -2.16. The molecule has 1 atom stereocenters. The first-order valence-corrected chi connectivity index (χ1v) is 9.59. The van der Waals surface area contributed by atoms with Crippen molar-refractivity contribution in [1.29, 1.82) is 0 Å². The summed E-state index contributed by atoms with van der Waals surface area (Å²) >= 11 is 7.38. The molecule has 1 N–H and O–H groups in total. The van der Waals surface area contributed by atoms with Crippen molar-refractivity contribution in [3.63, 3.8) is 0 Å². The number of nitrogens with zero attached hydrogens (tertiary/aromatic N) is 1. The van der Waals surface area contributed by atoms with Crippen molar-refractivity contribution in [3.05, 3.63) is 53.1 Å². The lowest BCUT2D eigenvalue weighted by atomic mass is 10.2. The zero-order chi connectivity index (χ0) is 17.9. The summed E-state index contributed by atoms with van der Waals surface area (Å²) in [6.45, 7) is 1.35. The molecule has 2 heterocycles. The van der Waals surface area contributed by atoms with Crippen molar-refractivity contribution in [2.45, 2.75) is 18.9 Å². The third kappa shape index (κ3) is 3.98. The van der Waals surface area contributed by atoms with Gasteiger partial charge < -0.3 is 9.47 Å². The Bertz CT molecular complexity index is 920. The van der Waals surface area contributed by atoms with Gasteiger partial charge in [-0.25, -0.2) is 4.98 Å². The van der Waals surface area contributed by atoms with Gasteiger partial charge in [-0.1, -0.05) is 22.9 Å². The molecular weight excluding hydrogens is 372 g/mol. The summed E-state index contributed by atoms with van der Waals surface area (Å²) in [5, 5.41) is 4.03. The maximum atomic E-state index is 12.4. The van der Waals surface area contributed by atoms with Crippen molar-refractivity contribution < 1.29 is 14.3 Å². The Morgan fingerprint density at radius 1 is 1.31 bits per heavy atom. The number of carbonyl (C=O) groups is 1. The number of aromatic nitrogens is 1. The Morgan fingerprint density at radius 3 is 2.92 bits per heavy atom. The highest BCUT2D eigenvalue weighted by Crippen LogP contribution is 2.28. The van der Waals surface area contributed by atoms with Gasteiger partial charge in [0.15, 0.2) is 5.13 Å². The van der Waals surface area contributed by atoms with E-state index >= 15 is 0 Å². The molecule has 1 saturated heterocycles. The van der Waals surface area contributed by atoms with Gasteiger partial charge in [0.1, 0.15) is 12.4 Å². The maximum Gasteiger partial charge on any atom is 0.257 e. The van der Waals surface area contributed by atoms with E-state index < -0.39 is 0 Å². The number of amides is 1.